The van der Waals surface area contributed by atoms with Crippen molar-refractivity contribution in [1.82, 2.24) is 10.3 Å². The van der Waals surface area contributed by atoms with E-state index in [0.29, 0.717) is 11.1 Å². The van der Waals surface area contributed by atoms with Crippen molar-refractivity contribution >= 4 is 23.4 Å². The van der Waals surface area contributed by atoms with Gasteiger partial charge in [-0.1, -0.05) is 25.4 Å². The molecule has 0 fully saturated rings. The molecule has 0 aliphatic carbocycles. The van der Waals surface area contributed by atoms with Gasteiger partial charge >= 0.3 is 0 Å². The zero-order valence-corrected chi connectivity index (χ0v) is 11.4. The lowest BCUT2D eigenvalue weighted by molar-refractivity contribution is 0.539. The number of thioether (sulfide) groups is 1. The highest BCUT2D eigenvalue weighted by Gasteiger charge is 2.06. The minimum Gasteiger partial charge on any atom is -0.313 e. The Hall–Kier alpha value is -0.250. The molecular formula is C12H19ClN2S. The summed E-state index contributed by atoms with van der Waals surface area (Å²) in [5.41, 5.74) is 0. The molecule has 0 spiro atoms. The van der Waals surface area contributed by atoms with Gasteiger partial charge in [0.05, 0.1) is 10.0 Å². The highest BCUT2D eigenvalue weighted by Crippen LogP contribution is 2.18. The highest BCUT2D eigenvalue weighted by atomic mass is 35.5. The van der Waals surface area contributed by atoms with E-state index in [4.69, 9.17) is 11.6 Å². The molecule has 0 aromatic carbocycles. The summed E-state index contributed by atoms with van der Waals surface area (Å²) in [6.45, 7) is 5.49. The topological polar surface area (TPSA) is 24.9 Å². The van der Waals surface area contributed by atoms with E-state index >= 15 is 0 Å². The third kappa shape index (κ3) is 5.19. The molecule has 4 heteroatoms. The Morgan fingerprint density at radius 2 is 2.25 bits per heavy atom. The predicted molar refractivity (Wildman–Crippen MR) is 72.3 cm³/mol. The van der Waals surface area contributed by atoms with Crippen molar-refractivity contribution in [1.29, 1.82) is 0 Å². The van der Waals surface area contributed by atoms with Gasteiger partial charge in [-0.15, -0.1) is 11.8 Å². The number of nitrogens with one attached hydrogen (secondary N) is 1. The van der Waals surface area contributed by atoms with Crippen LogP contribution in [0.3, 0.4) is 0 Å². The fourth-order valence-corrected chi connectivity index (χ4v) is 2.43. The summed E-state index contributed by atoms with van der Waals surface area (Å²) >= 11 is 7.57. The van der Waals surface area contributed by atoms with Gasteiger partial charge in [-0.2, -0.15) is 0 Å². The van der Waals surface area contributed by atoms with Crippen LogP contribution in [0.15, 0.2) is 23.4 Å². The summed E-state index contributed by atoms with van der Waals surface area (Å²) in [5, 5.41) is 5.26. The van der Waals surface area contributed by atoms with Crippen LogP contribution in [0.25, 0.3) is 0 Å². The standard InChI is InChI=1S/C12H19ClN2S/c1-3-7-14-11(4-2)9-16-12-6-5-10(13)8-15-12/h5-6,8,11,14H,3-4,7,9H2,1-2H3. The zero-order chi connectivity index (χ0) is 11.8. The van der Waals surface area contributed by atoms with Crippen LogP contribution in [-0.4, -0.2) is 23.3 Å². The van der Waals surface area contributed by atoms with Gasteiger partial charge in [0.2, 0.25) is 0 Å². The summed E-state index contributed by atoms with van der Waals surface area (Å²) in [4.78, 5) is 4.27. The van der Waals surface area contributed by atoms with Gasteiger partial charge in [0.25, 0.3) is 0 Å². The van der Waals surface area contributed by atoms with Crippen LogP contribution >= 0.6 is 23.4 Å². The Morgan fingerprint density at radius 1 is 1.44 bits per heavy atom. The molecule has 0 aliphatic heterocycles. The first-order valence-electron chi connectivity index (χ1n) is 5.74. The van der Waals surface area contributed by atoms with Crippen molar-refractivity contribution < 1.29 is 0 Å². The summed E-state index contributed by atoms with van der Waals surface area (Å²) in [6, 6.07) is 4.43. The predicted octanol–water partition coefficient (Wildman–Crippen LogP) is 3.61. The van der Waals surface area contributed by atoms with Crippen molar-refractivity contribution in [3.63, 3.8) is 0 Å². The molecule has 1 atom stereocenters. The van der Waals surface area contributed by atoms with Gasteiger partial charge in [-0.3, -0.25) is 0 Å². The maximum absolute atomic E-state index is 5.79. The van der Waals surface area contributed by atoms with Crippen LogP contribution in [-0.2, 0) is 0 Å². The molecule has 0 amide bonds. The number of nitrogens with zero attached hydrogens (tertiary/aromatic N) is 1. The highest BCUT2D eigenvalue weighted by molar-refractivity contribution is 7.99. The molecule has 1 aromatic heterocycles. The van der Waals surface area contributed by atoms with E-state index in [1.54, 1.807) is 18.0 Å². The fraction of sp³-hybridized carbons (Fsp3) is 0.583. The number of rotatable bonds is 7. The van der Waals surface area contributed by atoms with Gasteiger partial charge < -0.3 is 5.32 Å². The molecule has 1 unspecified atom stereocenters. The van der Waals surface area contributed by atoms with Crippen LogP contribution < -0.4 is 5.32 Å². The molecular weight excluding hydrogens is 240 g/mol. The minimum atomic E-state index is 0.572. The molecule has 1 heterocycles. The molecule has 1 N–H and O–H groups in total. The van der Waals surface area contributed by atoms with Crippen molar-refractivity contribution in [3.05, 3.63) is 23.4 Å². The van der Waals surface area contributed by atoms with E-state index in [1.807, 2.05) is 12.1 Å². The second-order valence-electron chi connectivity index (χ2n) is 3.68. The lowest BCUT2D eigenvalue weighted by atomic mass is 10.2. The van der Waals surface area contributed by atoms with E-state index in [1.165, 1.54) is 6.42 Å². The zero-order valence-electron chi connectivity index (χ0n) is 9.87. The maximum atomic E-state index is 5.79. The summed E-state index contributed by atoms with van der Waals surface area (Å²) in [7, 11) is 0. The number of hydrogen-bond acceptors (Lipinski definition) is 3. The first kappa shape index (κ1) is 13.8. The van der Waals surface area contributed by atoms with Gasteiger partial charge in [-0.25, -0.2) is 4.98 Å². The van der Waals surface area contributed by atoms with Gasteiger partial charge in [-0.05, 0) is 31.5 Å². The molecule has 16 heavy (non-hydrogen) atoms. The third-order valence-electron chi connectivity index (χ3n) is 2.31. The SMILES string of the molecule is CCCNC(CC)CSc1ccc(Cl)cn1. The molecule has 0 bridgehead atoms. The quantitative estimate of drug-likeness (QED) is 0.757. The van der Waals surface area contributed by atoms with Crippen LogP contribution in [0.4, 0.5) is 0 Å². The monoisotopic (exact) mass is 258 g/mol. The molecule has 90 valence electrons. The Labute approximate surface area is 107 Å². The van der Waals surface area contributed by atoms with Crippen molar-refractivity contribution in [3.8, 4) is 0 Å². The lowest BCUT2D eigenvalue weighted by Crippen LogP contribution is -2.31. The number of aromatic nitrogens is 1. The Morgan fingerprint density at radius 3 is 2.81 bits per heavy atom. The van der Waals surface area contributed by atoms with Gasteiger partial charge in [0.15, 0.2) is 0 Å². The first-order valence-corrected chi connectivity index (χ1v) is 7.10. The molecule has 0 radical (unpaired) electrons. The Bertz CT molecular complexity index is 290. The van der Waals surface area contributed by atoms with E-state index in [9.17, 15) is 0 Å². The average molecular weight is 259 g/mol. The Balaban J connectivity index is 2.34. The number of hydrogen-bond donors (Lipinski definition) is 1. The average Bonchev–Trinajstić information content (AvgIpc) is 2.32. The second kappa shape index (κ2) is 7.93. The second-order valence-corrected chi connectivity index (χ2v) is 5.16. The molecule has 1 aromatic rings. The molecule has 0 saturated carbocycles. The fourth-order valence-electron chi connectivity index (χ4n) is 1.30. The molecule has 0 aliphatic rings. The lowest BCUT2D eigenvalue weighted by Gasteiger charge is -2.15. The van der Waals surface area contributed by atoms with E-state index in [-0.39, 0.29) is 0 Å². The van der Waals surface area contributed by atoms with Gasteiger partial charge in [0, 0.05) is 18.0 Å². The largest absolute Gasteiger partial charge is 0.313 e. The Kier molecular flexibility index (Phi) is 6.85. The van der Waals surface area contributed by atoms with Crippen molar-refractivity contribution in [2.24, 2.45) is 0 Å². The van der Waals surface area contributed by atoms with Crippen molar-refractivity contribution in [2.45, 2.75) is 37.8 Å². The first-order chi connectivity index (χ1) is 7.76. The van der Waals surface area contributed by atoms with Crippen LogP contribution in [0.2, 0.25) is 5.02 Å². The smallest absolute Gasteiger partial charge is 0.0961 e. The third-order valence-corrected chi connectivity index (χ3v) is 3.64. The van der Waals surface area contributed by atoms with E-state index in [2.05, 4.69) is 24.1 Å². The molecule has 2 nitrogen and oxygen atoms in total. The maximum Gasteiger partial charge on any atom is 0.0961 e. The number of pyridine rings is 1. The number of halogens is 1. The van der Waals surface area contributed by atoms with E-state index < -0.39 is 0 Å². The molecule has 1 rings (SSSR count). The normalized spacial score (nSPS) is 12.7. The van der Waals surface area contributed by atoms with Crippen LogP contribution in [0, 0.1) is 0 Å². The van der Waals surface area contributed by atoms with Crippen LogP contribution in [0.1, 0.15) is 26.7 Å². The van der Waals surface area contributed by atoms with Crippen molar-refractivity contribution in [2.75, 3.05) is 12.3 Å². The molecule has 0 saturated heterocycles. The van der Waals surface area contributed by atoms with E-state index in [0.717, 1.165) is 23.7 Å². The summed E-state index contributed by atoms with van der Waals surface area (Å²) in [6.07, 6.45) is 4.03. The van der Waals surface area contributed by atoms with Gasteiger partial charge in [0.1, 0.15) is 0 Å². The minimum absolute atomic E-state index is 0.572. The summed E-state index contributed by atoms with van der Waals surface area (Å²) < 4.78 is 0. The van der Waals surface area contributed by atoms with Crippen LogP contribution in [0.5, 0.6) is 0 Å². The summed E-state index contributed by atoms with van der Waals surface area (Å²) in [5.74, 6) is 1.06.